The molecule has 1 N–H and O–H groups in total. The normalized spacial score (nSPS) is 30.2. The highest BCUT2D eigenvalue weighted by molar-refractivity contribution is 5.81. The summed E-state index contributed by atoms with van der Waals surface area (Å²) in [7, 11) is 1.70. The molecule has 2 saturated carbocycles. The maximum atomic E-state index is 12.5. The summed E-state index contributed by atoms with van der Waals surface area (Å²) in [6.45, 7) is 1.90. The molecule has 0 aromatic rings. The molecule has 0 aromatic carbocycles. The first kappa shape index (κ1) is 15.6. The molecule has 6 heteroatoms. The first-order chi connectivity index (χ1) is 9.47. The van der Waals surface area contributed by atoms with E-state index in [1.807, 2.05) is 0 Å². The molecule has 116 valence electrons. The van der Waals surface area contributed by atoms with Gasteiger partial charge in [0.1, 0.15) is 5.54 Å². The van der Waals surface area contributed by atoms with Crippen LogP contribution in [0.4, 0.5) is 8.78 Å². The molecular formula is C14H24F2N2O2. The molecule has 2 aliphatic carbocycles. The minimum Gasteiger partial charge on any atom is -0.465 e. The van der Waals surface area contributed by atoms with Crippen LogP contribution in [0, 0.1) is 0 Å². The molecule has 0 aromatic heterocycles. The zero-order valence-corrected chi connectivity index (χ0v) is 12.2. The monoisotopic (exact) mass is 290 g/mol. The van der Waals surface area contributed by atoms with Crippen LogP contribution >= 0.6 is 0 Å². The van der Waals surface area contributed by atoms with E-state index in [-0.39, 0.29) is 18.6 Å². The van der Waals surface area contributed by atoms with Gasteiger partial charge in [0, 0.05) is 12.1 Å². The molecule has 0 heterocycles. The van der Waals surface area contributed by atoms with Crippen LogP contribution in [-0.4, -0.2) is 55.1 Å². The Bertz CT molecular complexity index is 350. The minimum atomic E-state index is -2.34. The molecule has 2 aliphatic rings. The summed E-state index contributed by atoms with van der Waals surface area (Å²) in [4.78, 5) is 13.9. The number of rotatable bonds is 7. The van der Waals surface area contributed by atoms with Crippen molar-refractivity contribution in [2.45, 2.75) is 63.1 Å². The number of hydrogen-bond donors (Lipinski definition) is 1. The molecule has 0 radical (unpaired) electrons. The van der Waals surface area contributed by atoms with Gasteiger partial charge in [-0.25, -0.2) is 8.78 Å². The van der Waals surface area contributed by atoms with E-state index >= 15 is 0 Å². The van der Waals surface area contributed by atoms with Crippen molar-refractivity contribution in [2.24, 2.45) is 0 Å². The SMILES string of the molecule is CCOC(=O)C1(NC2CC2)CCC(N(C)CC(F)F)C1. The summed E-state index contributed by atoms with van der Waals surface area (Å²) in [6.07, 6.45) is 1.81. The molecule has 0 aliphatic heterocycles. The van der Waals surface area contributed by atoms with Crippen molar-refractivity contribution in [1.29, 1.82) is 0 Å². The molecular weight excluding hydrogens is 266 g/mol. The Labute approximate surface area is 118 Å². The molecule has 2 fully saturated rings. The third-order valence-corrected chi connectivity index (χ3v) is 4.26. The van der Waals surface area contributed by atoms with Crippen molar-refractivity contribution < 1.29 is 18.3 Å². The molecule has 0 saturated heterocycles. The summed E-state index contributed by atoms with van der Waals surface area (Å²) in [5.74, 6) is -0.222. The first-order valence-corrected chi connectivity index (χ1v) is 7.40. The Morgan fingerprint density at radius 1 is 1.45 bits per heavy atom. The van der Waals surface area contributed by atoms with Gasteiger partial charge in [-0.05, 0) is 46.1 Å². The van der Waals surface area contributed by atoms with E-state index in [2.05, 4.69) is 5.32 Å². The van der Waals surface area contributed by atoms with Crippen LogP contribution in [0.3, 0.4) is 0 Å². The van der Waals surface area contributed by atoms with Gasteiger partial charge in [0.15, 0.2) is 0 Å². The number of hydrogen-bond acceptors (Lipinski definition) is 4. The minimum absolute atomic E-state index is 0.0136. The van der Waals surface area contributed by atoms with Crippen LogP contribution in [0.1, 0.15) is 39.0 Å². The van der Waals surface area contributed by atoms with Crippen molar-refractivity contribution >= 4 is 5.97 Å². The van der Waals surface area contributed by atoms with Crippen molar-refractivity contribution in [3.05, 3.63) is 0 Å². The molecule has 2 atom stereocenters. The Morgan fingerprint density at radius 3 is 2.70 bits per heavy atom. The summed E-state index contributed by atoms with van der Waals surface area (Å²) in [5, 5.41) is 3.40. The summed E-state index contributed by atoms with van der Waals surface area (Å²) in [6, 6.07) is 0.401. The van der Waals surface area contributed by atoms with Gasteiger partial charge in [-0.15, -0.1) is 0 Å². The summed E-state index contributed by atoms with van der Waals surface area (Å²) >= 11 is 0. The van der Waals surface area contributed by atoms with E-state index in [0.717, 1.165) is 19.3 Å². The predicted molar refractivity (Wildman–Crippen MR) is 71.8 cm³/mol. The van der Waals surface area contributed by atoms with Crippen LogP contribution in [0.25, 0.3) is 0 Å². The van der Waals surface area contributed by atoms with Gasteiger partial charge in [-0.3, -0.25) is 15.0 Å². The van der Waals surface area contributed by atoms with Crippen LogP contribution < -0.4 is 5.32 Å². The highest BCUT2D eigenvalue weighted by Gasteiger charge is 2.49. The summed E-state index contributed by atoms with van der Waals surface area (Å²) in [5.41, 5.74) is -0.668. The average molecular weight is 290 g/mol. The van der Waals surface area contributed by atoms with E-state index in [1.54, 1.807) is 18.9 Å². The number of halogens is 2. The van der Waals surface area contributed by atoms with Gasteiger partial charge >= 0.3 is 5.97 Å². The molecule has 20 heavy (non-hydrogen) atoms. The number of nitrogens with one attached hydrogen (secondary N) is 1. The quantitative estimate of drug-likeness (QED) is 0.726. The predicted octanol–water partition coefficient (Wildman–Crippen LogP) is 1.79. The Kier molecular flexibility index (Phi) is 4.96. The van der Waals surface area contributed by atoms with E-state index < -0.39 is 12.0 Å². The molecule has 2 unspecified atom stereocenters. The number of nitrogens with zero attached hydrogens (tertiary/aromatic N) is 1. The van der Waals surface area contributed by atoms with Gasteiger partial charge in [-0.2, -0.15) is 0 Å². The van der Waals surface area contributed by atoms with Gasteiger partial charge in [0.2, 0.25) is 0 Å². The van der Waals surface area contributed by atoms with Crippen LogP contribution in [-0.2, 0) is 9.53 Å². The number of ether oxygens (including phenoxy) is 1. The summed E-state index contributed by atoms with van der Waals surface area (Å²) < 4.78 is 30.2. The molecule has 0 spiro atoms. The second kappa shape index (κ2) is 6.35. The molecule has 2 rings (SSSR count). The smallest absolute Gasteiger partial charge is 0.326 e. The fraction of sp³-hybridized carbons (Fsp3) is 0.929. The first-order valence-electron chi connectivity index (χ1n) is 7.40. The highest BCUT2D eigenvalue weighted by Crippen LogP contribution is 2.37. The second-order valence-corrected chi connectivity index (χ2v) is 5.95. The topological polar surface area (TPSA) is 41.6 Å². The third kappa shape index (κ3) is 3.67. The molecule has 4 nitrogen and oxygen atoms in total. The lowest BCUT2D eigenvalue weighted by atomic mass is 9.97. The Hall–Kier alpha value is -0.750. The van der Waals surface area contributed by atoms with E-state index in [4.69, 9.17) is 4.74 Å². The fourth-order valence-corrected chi connectivity index (χ4v) is 3.03. The maximum Gasteiger partial charge on any atom is 0.326 e. The van der Waals surface area contributed by atoms with Gasteiger partial charge in [-0.1, -0.05) is 0 Å². The van der Waals surface area contributed by atoms with Gasteiger partial charge in [0.25, 0.3) is 6.43 Å². The Morgan fingerprint density at radius 2 is 2.15 bits per heavy atom. The third-order valence-electron chi connectivity index (χ3n) is 4.26. The standard InChI is InChI=1S/C14H24F2N2O2/c1-3-20-13(19)14(17-10-4-5-10)7-6-11(8-14)18(2)9-12(15)16/h10-12,17H,3-9H2,1-2H3. The van der Waals surface area contributed by atoms with Crippen molar-refractivity contribution in [1.82, 2.24) is 10.2 Å². The van der Waals surface area contributed by atoms with Crippen LogP contribution in [0.5, 0.6) is 0 Å². The van der Waals surface area contributed by atoms with Crippen LogP contribution in [0.15, 0.2) is 0 Å². The molecule has 0 amide bonds. The van der Waals surface area contributed by atoms with Crippen molar-refractivity contribution in [2.75, 3.05) is 20.2 Å². The van der Waals surface area contributed by atoms with Crippen LogP contribution in [0.2, 0.25) is 0 Å². The maximum absolute atomic E-state index is 12.5. The number of alkyl halides is 2. The highest BCUT2D eigenvalue weighted by atomic mass is 19.3. The second-order valence-electron chi connectivity index (χ2n) is 5.95. The van der Waals surface area contributed by atoms with E-state index in [1.165, 1.54) is 0 Å². The van der Waals surface area contributed by atoms with Crippen molar-refractivity contribution in [3.63, 3.8) is 0 Å². The van der Waals surface area contributed by atoms with E-state index in [9.17, 15) is 13.6 Å². The number of carbonyl (C=O) groups excluding carboxylic acids is 1. The zero-order chi connectivity index (χ0) is 14.8. The molecule has 0 bridgehead atoms. The van der Waals surface area contributed by atoms with Crippen molar-refractivity contribution in [3.8, 4) is 0 Å². The Balaban J connectivity index is 2.00. The van der Waals surface area contributed by atoms with E-state index in [0.29, 0.717) is 25.5 Å². The number of esters is 1. The fourth-order valence-electron chi connectivity index (χ4n) is 3.03. The lowest BCUT2D eigenvalue weighted by Crippen LogP contribution is -2.53. The lowest BCUT2D eigenvalue weighted by Gasteiger charge is -2.30. The largest absolute Gasteiger partial charge is 0.465 e. The van der Waals surface area contributed by atoms with Gasteiger partial charge in [0.05, 0.1) is 13.2 Å². The zero-order valence-electron chi connectivity index (χ0n) is 12.2. The lowest BCUT2D eigenvalue weighted by molar-refractivity contribution is -0.151. The average Bonchev–Trinajstić information content (AvgIpc) is 3.05. The number of carbonyl (C=O) groups is 1. The van der Waals surface area contributed by atoms with Gasteiger partial charge < -0.3 is 4.74 Å².